The van der Waals surface area contributed by atoms with Gasteiger partial charge in [-0.1, -0.05) is 29.8 Å². The number of benzene rings is 2. The third kappa shape index (κ3) is 5.75. The molecule has 0 aliphatic heterocycles. The lowest BCUT2D eigenvalue weighted by molar-refractivity contribution is 0.0947. The molecule has 0 aliphatic rings. The Balaban J connectivity index is 1.93. The number of anilines is 1. The fourth-order valence-electron chi connectivity index (χ4n) is 1.92. The van der Waals surface area contributed by atoms with Crippen molar-refractivity contribution < 1.29 is 17.9 Å². The first-order valence-electron chi connectivity index (χ1n) is 7.08. The Labute approximate surface area is 145 Å². The minimum atomic E-state index is -3.43. The fraction of sp³-hybridized carbons (Fsp3) is 0.188. The van der Waals surface area contributed by atoms with E-state index in [9.17, 15) is 13.2 Å². The van der Waals surface area contributed by atoms with Crippen LogP contribution in [-0.2, 0) is 10.0 Å². The lowest BCUT2D eigenvalue weighted by Crippen LogP contribution is -2.28. The van der Waals surface area contributed by atoms with E-state index in [-0.39, 0.29) is 22.8 Å². The number of carbonyl (C=O) groups excluding carboxylic acids is 1. The Morgan fingerprint density at radius 3 is 2.54 bits per heavy atom. The molecule has 0 spiro atoms. The van der Waals surface area contributed by atoms with Crippen LogP contribution in [0, 0.1) is 0 Å². The maximum atomic E-state index is 12.2. The lowest BCUT2D eigenvalue weighted by atomic mass is 10.2. The lowest BCUT2D eigenvalue weighted by Gasteiger charge is -2.10. The molecule has 2 aromatic rings. The summed E-state index contributed by atoms with van der Waals surface area (Å²) in [6, 6.07) is 13.6. The second kappa shape index (κ2) is 8.03. The monoisotopic (exact) mass is 368 g/mol. The zero-order valence-electron chi connectivity index (χ0n) is 13.0. The van der Waals surface area contributed by atoms with Crippen molar-refractivity contribution in [1.82, 2.24) is 5.32 Å². The van der Waals surface area contributed by atoms with E-state index in [1.165, 1.54) is 18.2 Å². The van der Waals surface area contributed by atoms with Gasteiger partial charge in [0.15, 0.2) is 0 Å². The molecule has 0 unspecified atom stereocenters. The Morgan fingerprint density at radius 1 is 1.17 bits per heavy atom. The van der Waals surface area contributed by atoms with Crippen LogP contribution in [-0.4, -0.2) is 33.7 Å². The van der Waals surface area contributed by atoms with Crippen LogP contribution in [0.3, 0.4) is 0 Å². The van der Waals surface area contributed by atoms with Gasteiger partial charge >= 0.3 is 0 Å². The van der Waals surface area contributed by atoms with Gasteiger partial charge in [-0.2, -0.15) is 0 Å². The molecule has 8 heteroatoms. The van der Waals surface area contributed by atoms with Gasteiger partial charge in [0, 0.05) is 5.69 Å². The Kier molecular flexibility index (Phi) is 6.05. The van der Waals surface area contributed by atoms with Crippen LogP contribution >= 0.6 is 11.6 Å². The topological polar surface area (TPSA) is 84.5 Å². The van der Waals surface area contributed by atoms with Gasteiger partial charge in [-0.25, -0.2) is 8.42 Å². The van der Waals surface area contributed by atoms with E-state index in [1.807, 2.05) is 30.3 Å². The molecule has 0 saturated carbocycles. The van der Waals surface area contributed by atoms with Crippen LogP contribution in [0.1, 0.15) is 10.4 Å². The predicted molar refractivity (Wildman–Crippen MR) is 94.2 cm³/mol. The van der Waals surface area contributed by atoms with Gasteiger partial charge in [0.1, 0.15) is 12.4 Å². The number of carbonyl (C=O) groups is 1. The van der Waals surface area contributed by atoms with Gasteiger partial charge in [0.05, 0.1) is 23.4 Å². The first-order chi connectivity index (χ1) is 11.3. The van der Waals surface area contributed by atoms with Crippen molar-refractivity contribution in [2.45, 2.75) is 0 Å². The predicted octanol–water partition coefficient (Wildman–Crippen LogP) is 2.52. The number of sulfonamides is 1. The second-order valence-corrected chi connectivity index (χ2v) is 7.14. The highest BCUT2D eigenvalue weighted by atomic mass is 35.5. The van der Waals surface area contributed by atoms with Crippen molar-refractivity contribution >= 4 is 33.2 Å². The molecule has 0 saturated heterocycles. The summed E-state index contributed by atoms with van der Waals surface area (Å²) in [5.41, 5.74) is 0.456. The largest absolute Gasteiger partial charge is 0.492 e. The van der Waals surface area contributed by atoms with E-state index in [4.69, 9.17) is 16.3 Å². The van der Waals surface area contributed by atoms with E-state index in [2.05, 4.69) is 10.0 Å². The van der Waals surface area contributed by atoms with Crippen molar-refractivity contribution in [2.75, 3.05) is 24.1 Å². The maximum absolute atomic E-state index is 12.2. The molecule has 1 amide bonds. The van der Waals surface area contributed by atoms with Gasteiger partial charge in [-0.15, -0.1) is 0 Å². The van der Waals surface area contributed by atoms with E-state index in [1.54, 1.807) is 0 Å². The summed E-state index contributed by atoms with van der Waals surface area (Å²) in [7, 11) is -3.43. The molecule has 0 heterocycles. The maximum Gasteiger partial charge on any atom is 0.252 e. The van der Waals surface area contributed by atoms with Crippen molar-refractivity contribution in [3.05, 3.63) is 59.1 Å². The molecule has 128 valence electrons. The molecular formula is C16H17ClN2O4S. The Bertz CT molecular complexity index is 810. The molecule has 0 bridgehead atoms. The van der Waals surface area contributed by atoms with Crippen molar-refractivity contribution in [1.29, 1.82) is 0 Å². The zero-order valence-corrected chi connectivity index (χ0v) is 14.5. The standard InChI is InChI=1S/C16H17ClN2O4S/c1-24(21,22)19-12-7-8-15(17)14(11-12)16(20)18-9-10-23-13-5-3-2-4-6-13/h2-8,11,19H,9-10H2,1H3,(H,18,20). The number of rotatable bonds is 7. The smallest absolute Gasteiger partial charge is 0.252 e. The number of amides is 1. The molecule has 2 N–H and O–H groups in total. The molecule has 0 aromatic heterocycles. The molecule has 6 nitrogen and oxygen atoms in total. The van der Waals surface area contributed by atoms with E-state index >= 15 is 0 Å². The summed E-state index contributed by atoms with van der Waals surface area (Å²) in [6.45, 7) is 0.586. The van der Waals surface area contributed by atoms with E-state index < -0.39 is 15.9 Å². The summed E-state index contributed by atoms with van der Waals surface area (Å²) in [6.07, 6.45) is 1.03. The Morgan fingerprint density at radius 2 is 1.88 bits per heavy atom. The van der Waals surface area contributed by atoms with Crippen molar-refractivity contribution in [3.8, 4) is 5.75 Å². The van der Waals surface area contributed by atoms with Gasteiger partial charge in [0.2, 0.25) is 10.0 Å². The number of hydrogen-bond donors (Lipinski definition) is 2. The number of halogens is 1. The molecule has 2 rings (SSSR count). The molecule has 2 aromatic carbocycles. The molecule has 0 fully saturated rings. The molecule has 0 radical (unpaired) electrons. The second-order valence-electron chi connectivity index (χ2n) is 4.99. The molecule has 0 aliphatic carbocycles. The summed E-state index contributed by atoms with van der Waals surface area (Å²) >= 11 is 6.00. The van der Waals surface area contributed by atoms with Gasteiger partial charge in [-0.3, -0.25) is 9.52 Å². The summed E-state index contributed by atoms with van der Waals surface area (Å²) < 4.78 is 30.3. The minimum Gasteiger partial charge on any atom is -0.492 e. The quantitative estimate of drug-likeness (QED) is 0.735. The average Bonchev–Trinajstić information content (AvgIpc) is 2.53. The molecular weight excluding hydrogens is 352 g/mol. The van der Waals surface area contributed by atoms with Gasteiger partial charge in [-0.05, 0) is 30.3 Å². The number of ether oxygens (including phenoxy) is 1. The zero-order chi connectivity index (χ0) is 17.6. The SMILES string of the molecule is CS(=O)(=O)Nc1ccc(Cl)c(C(=O)NCCOc2ccccc2)c1. The third-order valence-corrected chi connectivity index (χ3v) is 3.85. The normalized spacial score (nSPS) is 10.9. The van der Waals surface area contributed by atoms with Crippen LogP contribution in [0.2, 0.25) is 5.02 Å². The van der Waals surface area contributed by atoms with Crippen molar-refractivity contribution in [2.24, 2.45) is 0 Å². The Hall–Kier alpha value is -2.25. The van der Waals surface area contributed by atoms with Crippen molar-refractivity contribution in [3.63, 3.8) is 0 Å². The van der Waals surface area contributed by atoms with Crippen LogP contribution in [0.25, 0.3) is 0 Å². The summed E-state index contributed by atoms with van der Waals surface area (Å²) in [5, 5.41) is 2.91. The average molecular weight is 369 g/mol. The number of para-hydroxylation sites is 1. The minimum absolute atomic E-state index is 0.185. The highest BCUT2D eigenvalue weighted by Gasteiger charge is 2.12. The molecule has 0 atom stereocenters. The van der Waals surface area contributed by atoms with Crippen LogP contribution < -0.4 is 14.8 Å². The number of nitrogens with one attached hydrogen (secondary N) is 2. The molecule has 24 heavy (non-hydrogen) atoms. The van der Waals surface area contributed by atoms with Gasteiger partial charge in [0.25, 0.3) is 5.91 Å². The summed E-state index contributed by atoms with van der Waals surface area (Å²) in [4.78, 5) is 12.2. The number of hydrogen-bond acceptors (Lipinski definition) is 4. The fourth-order valence-corrected chi connectivity index (χ4v) is 2.68. The summed E-state index contributed by atoms with van der Waals surface area (Å²) in [5.74, 6) is 0.304. The first-order valence-corrected chi connectivity index (χ1v) is 9.35. The van der Waals surface area contributed by atoms with Gasteiger partial charge < -0.3 is 10.1 Å². The van der Waals surface area contributed by atoms with Crippen LogP contribution in [0.4, 0.5) is 5.69 Å². The first kappa shape index (κ1) is 18.1. The van der Waals surface area contributed by atoms with Crippen LogP contribution in [0.5, 0.6) is 5.75 Å². The van der Waals surface area contributed by atoms with Crippen LogP contribution in [0.15, 0.2) is 48.5 Å². The van der Waals surface area contributed by atoms with E-state index in [0.717, 1.165) is 6.26 Å². The van der Waals surface area contributed by atoms with E-state index in [0.29, 0.717) is 12.4 Å². The third-order valence-electron chi connectivity index (χ3n) is 2.91. The highest BCUT2D eigenvalue weighted by Crippen LogP contribution is 2.21. The highest BCUT2D eigenvalue weighted by molar-refractivity contribution is 7.92.